The maximum Gasteiger partial charge on any atom is 0.278 e. The Bertz CT molecular complexity index is 1750. The summed E-state index contributed by atoms with van der Waals surface area (Å²) in [7, 11) is 2.14. The molecule has 6 rings (SSSR count). The average molecular weight is 511 g/mol. The van der Waals surface area contributed by atoms with Gasteiger partial charge in [0.05, 0.1) is 12.2 Å². The van der Waals surface area contributed by atoms with Crippen LogP contribution in [0.1, 0.15) is 25.2 Å². The third-order valence-electron chi connectivity index (χ3n) is 6.94. The van der Waals surface area contributed by atoms with Gasteiger partial charge in [0.2, 0.25) is 5.95 Å². The zero-order chi connectivity index (χ0) is 26.6. The number of likely N-dealkylation sites (N-methyl/N-ethyl adjacent to an activating group) is 1. The van der Waals surface area contributed by atoms with Crippen LogP contribution < -0.4 is 10.9 Å². The van der Waals surface area contributed by atoms with E-state index in [0.29, 0.717) is 28.5 Å². The van der Waals surface area contributed by atoms with Crippen molar-refractivity contribution in [3.8, 4) is 5.82 Å². The van der Waals surface area contributed by atoms with Gasteiger partial charge in [-0.15, -0.1) is 6.58 Å². The van der Waals surface area contributed by atoms with E-state index in [-0.39, 0.29) is 12.1 Å². The second-order valence-electron chi connectivity index (χ2n) is 10.3. The Morgan fingerprint density at radius 3 is 2.79 bits per heavy atom. The van der Waals surface area contributed by atoms with Gasteiger partial charge in [0, 0.05) is 48.1 Å². The van der Waals surface area contributed by atoms with Crippen LogP contribution in [0.4, 0.5) is 11.6 Å². The summed E-state index contributed by atoms with van der Waals surface area (Å²) in [4.78, 5) is 29.4. The maximum atomic E-state index is 13.2. The van der Waals surface area contributed by atoms with E-state index in [1.165, 1.54) is 22.1 Å². The average Bonchev–Trinajstić information content (AvgIpc) is 3.37. The van der Waals surface area contributed by atoms with Crippen molar-refractivity contribution in [3.63, 3.8) is 0 Å². The number of rotatable bonds is 6. The van der Waals surface area contributed by atoms with Crippen LogP contribution >= 0.6 is 0 Å². The molecule has 10 nitrogen and oxygen atoms in total. The lowest BCUT2D eigenvalue weighted by molar-refractivity contribution is 0.0738. The molecule has 2 N–H and O–H groups in total. The summed E-state index contributed by atoms with van der Waals surface area (Å²) in [5.74, 6) is 0.831. The normalized spacial score (nSPS) is 14.2. The molecule has 5 aromatic rings. The molecule has 0 fully saturated rings. The van der Waals surface area contributed by atoms with E-state index in [0.717, 1.165) is 30.7 Å². The van der Waals surface area contributed by atoms with Crippen LogP contribution in [-0.2, 0) is 25.2 Å². The number of aliphatic hydroxyl groups is 1. The Morgan fingerprint density at radius 1 is 1.16 bits per heavy atom. The number of hydrogen-bond acceptors (Lipinski definition) is 7. The first-order valence-corrected chi connectivity index (χ1v) is 12.6. The van der Waals surface area contributed by atoms with Gasteiger partial charge >= 0.3 is 0 Å². The SMILES string of the molecule is C=CCn1c(=O)c2cnc(Nc3ccc4c(c3)cc3n4CCN(C)C3)nc2n1-c1cccc(C(C)(C)O)n1. The van der Waals surface area contributed by atoms with E-state index in [4.69, 9.17) is 4.98 Å². The molecule has 4 aromatic heterocycles. The summed E-state index contributed by atoms with van der Waals surface area (Å²) in [6.07, 6.45) is 3.18. The van der Waals surface area contributed by atoms with E-state index in [9.17, 15) is 9.90 Å². The molecule has 1 aliphatic rings. The van der Waals surface area contributed by atoms with Crippen LogP contribution in [0.2, 0.25) is 0 Å². The van der Waals surface area contributed by atoms with Gasteiger partial charge < -0.3 is 15.0 Å². The van der Waals surface area contributed by atoms with Crippen LogP contribution in [0.25, 0.3) is 27.8 Å². The molecule has 0 atom stereocenters. The summed E-state index contributed by atoms with van der Waals surface area (Å²) in [5.41, 5.74) is 2.88. The standard InChI is InChI=1S/C28H30N8O2/c1-5-11-35-26(37)21-16-29-27(32-25(21)36(35)24-8-6-7-23(31-24)28(2,3)38)30-19-9-10-22-18(14-19)15-20-17-33(4)12-13-34(20)22/h5-10,14-16,38H,1,11-13,17H2,2-4H3,(H,29,30,32). The Labute approximate surface area is 219 Å². The first-order chi connectivity index (χ1) is 18.2. The molecular weight excluding hydrogens is 480 g/mol. The highest BCUT2D eigenvalue weighted by molar-refractivity contribution is 5.86. The summed E-state index contributed by atoms with van der Waals surface area (Å²) in [5, 5.41) is 15.3. The number of benzene rings is 1. The van der Waals surface area contributed by atoms with Gasteiger partial charge in [0.15, 0.2) is 11.5 Å². The molecule has 0 radical (unpaired) electrons. The zero-order valence-corrected chi connectivity index (χ0v) is 21.7. The largest absolute Gasteiger partial charge is 0.384 e. The zero-order valence-electron chi connectivity index (χ0n) is 21.7. The van der Waals surface area contributed by atoms with Gasteiger partial charge in [0.25, 0.3) is 5.56 Å². The van der Waals surface area contributed by atoms with Gasteiger partial charge in [-0.3, -0.25) is 9.69 Å². The third-order valence-corrected chi connectivity index (χ3v) is 6.94. The highest BCUT2D eigenvalue weighted by Crippen LogP contribution is 2.28. The van der Waals surface area contributed by atoms with Crippen LogP contribution in [-0.4, -0.2) is 52.5 Å². The smallest absolute Gasteiger partial charge is 0.278 e. The Morgan fingerprint density at radius 2 is 2.00 bits per heavy atom. The second-order valence-corrected chi connectivity index (χ2v) is 10.3. The molecule has 0 saturated carbocycles. The van der Waals surface area contributed by atoms with Gasteiger partial charge in [-0.25, -0.2) is 19.3 Å². The number of nitrogens with one attached hydrogen (secondary N) is 1. The minimum Gasteiger partial charge on any atom is -0.384 e. The number of nitrogens with zero attached hydrogens (tertiary/aromatic N) is 7. The van der Waals surface area contributed by atoms with E-state index in [1.807, 2.05) is 6.07 Å². The molecule has 0 unspecified atom stereocenters. The molecule has 0 spiro atoms. The third kappa shape index (κ3) is 4.07. The van der Waals surface area contributed by atoms with Crippen LogP contribution in [0, 0.1) is 0 Å². The molecule has 1 aliphatic heterocycles. The quantitative estimate of drug-likeness (QED) is 0.337. The van der Waals surface area contributed by atoms with E-state index in [1.54, 1.807) is 42.8 Å². The molecule has 0 aliphatic carbocycles. The van der Waals surface area contributed by atoms with Crippen molar-refractivity contribution in [2.45, 2.75) is 39.1 Å². The molecule has 0 bridgehead atoms. The molecule has 0 saturated heterocycles. The fourth-order valence-electron chi connectivity index (χ4n) is 5.05. The number of fused-ring (bicyclic) bond motifs is 4. The van der Waals surface area contributed by atoms with Crippen molar-refractivity contribution in [1.29, 1.82) is 0 Å². The van der Waals surface area contributed by atoms with Gasteiger partial charge in [0.1, 0.15) is 11.0 Å². The van der Waals surface area contributed by atoms with Crippen molar-refractivity contribution >= 4 is 33.6 Å². The molecule has 5 heterocycles. The summed E-state index contributed by atoms with van der Waals surface area (Å²) >= 11 is 0. The van der Waals surface area contributed by atoms with E-state index < -0.39 is 5.60 Å². The van der Waals surface area contributed by atoms with Crippen molar-refractivity contribution in [2.75, 3.05) is 18.9 Å². The summed E-state index contributed by atoms with van der Waals surface area (Å²) in [6.45, 7) is 10.3. The van der Waals surface area contributed by atoms with Gasteiger partial charge in [-0.05, 0) is 57.3 Å². The van der Waals surface area contributed by atoms with Crippen LogP contribution in [0.3, 0.4) is 0 Å². The fraction of sp³-hybridized carbons (Fsp3) is 0.286. The minimum atomic E-state index is -1.14. The molecule has 1 aromatic carbocycles. The lowest BCUT2D eigenvalue weighted by atomic mass is 10.1. The lowest BCUT2D eigenvalue weighted by Gasteiger charge is -2.25. The first kappa shape index (κ1) is 24.1. The Kier molecular flexibility index (Phi) is 5.66. The molecule has 0 amide bonds. The van der Waals surface area contributed by atoms with Crippen molar-refractivity contribution < 1.29 is 5.11 Å². The number of allylic oxidation sites excluding steroid dienone is 1. The minimum absolute atomic E-state index is 0.243. The summed E-state index contributed by atoms with van der Waals surface area (Å²) < 4.78 is 5.54. The predicted octanol–water partition coefficient (Wildman–Crippen LogP) is 3.53. The van der Waals surface area contributed by atoms with Gasteiger partial charge in [-0.2, -0.15) is 4.98 Å². The fourth-order valence-corrected chi connectivity index (χ4v) is 5.05. The monoisotopic (exact) mass is 510 g/mol. The molecular formula is C28H30N8O2. The number of aromatic nitrogens is 6. The lowest BCUT2D eigenvalue weighted by Crippen LogP contribution is -2.29. The molecule has 10 heteroatoms. The van der Waals surface area contributed by atoms with Crippen LogP contribution in [0.15, 0.2) is 66.1 Å². The Balaban J connectivity index is 1.43. The van der Waals surface area contributed by atoms with Gasteiger partial charge in [-0.1, -0.05) is 12.1 Å². The van der Waals surface area contributed by atoms with Crippen LogP contribution in [0.5, 0.6) is 0 Å². The number of pyridine rings is 1. The topological polar surface area (TPSA) is 106 Å². The number of anilines is 2. The Hall–Kier alpha value is -4.28. The maximum absolute atomic E-state index is 13.2. The van der Waals surface area contributed by atoms with Crippen molar-refractivity contribution in [1.82, 2.24) is 33.8 Å². The number of hydrogen-bond donors (Lipinski definition) is 2. The highest BCUT2D eigenvalue weighted by atomic mass is 16.3. The van der Waals surface area contributed by atoms with Crippen molar-refractivity contribution in [2.24, 2.45) is 0 Å². The van der Waals surface area contributed by atoms with E-state index in [2.05, 4.69) is 56.6 Å². The van der Waals surface area contributed by atoms with E-state index >= 15 is 0 Å². The highest BCUT2D eigenvalue weighted by Gasteiger charge is 2.22. The molecule has 38 heavy (non-hydrogen) atoms. The molecule has 194 valence electrons. The second kappa shape index (κ2) is 8.93. The first-order valence-electron chi connectivity index (χ1n) is 12.6. The van der Waals surface area contributed by atoms with Crippen molar-refractivity contribution in [3.05, 3.63) is 83.1 Å². The predicted molar refractivity (Wildman–Crippen MR) is 148 cm³/mol. The summed E-state index contributed by atoms with van der Waals surface area (Å²) in [6, 6.07) is 13.8.